The predicted molar refractivity (Wildman–Crippen MR) is 103 cm³/mol. The molecule has 0 aliphatic heterocycles. The average molecular weight is 459 g/mol. The van der Waals surface area contributed by atoms with E-state index in [1.54, 1.807) is 13.0 Å². The fourth-order valence-electron chi connectivity index (χ4n) is 3.35. The molecule has 0 amide bonds. The minimum Gasteiger partial charge on any atom is -0.478 e. The van der Waals surface area contributed by atoms with Crippen LogP contribution in [0.4, 0.5) is 30.7 Å². The second kappa shape index (κ2) is 7.68. The van der Waals surface area contributed by atoms with Gasteiger partial charge < -0.3 is 9.67 Å². The fourth-order valence-corrected chi connectivity index (χ4v) is 3.35. The van der Waals surface area contributed by atoms with Crippen LogP contribution in [0.15, 0.2) is 54.7 Å². The van der Waals surface area contributed by atoms with Gasteiger partial charge in [0.15, 0.2) is 0 Å². The molecule has 10 heteroatoms. The molecule has 0 saturated heterocycles. The van der Waals surface area contributed by atoms with Gasteiger partial charge in [0.2, 0.25) is 0 Å². The van der Waals surface area contributed by atoms with E-state index in [2.05, 4.69) is 0 Å². The highest BCUT2D eigenvalue weighted by atomic mass is 19.4. The summed E-state index contributed by atoms with van der Waals surface area (Å²) >= 11 is 0. The molecule has 0 fully saturated rings. The van der Waals surface area contributed by atoms with Gasteiger partial charge in [-0.2, -0.15) is 30.7 Å². The largest absolute Gasteiger partial charge is 0.478 e. The van der Waals surface area contributed by atoms with Crippen molar-refractivity contribution in [2.24, 2.45) is 0 Å². The Morgan fingerprint density at radius 3 is 1.91 bits per heavy atom. The Morgan fingerprint density at radius 1 is 0.844 bits per heavy atom. The van der Waals surface area contributed by atoms with Crippen molar-refractivity contribution < 1.29 is 40.6 Å². The van der Waals surface area contributed by atoms with Gasteiger partial charge in [0.05, 0.1) is 5.56 Å². The standard InChI is InChI=1S/C22H16F7NO2/c1-12-7-9-14(10-8-12)30-11-16(15-6-4-3-5-13(15)2)17(19(31)32)18(30)20(23,24)21(25,26)22(27,28)29/h3-11H,1-2H3,(H,31,32). The molecular formula is C22H16F7NO2. The number of aryl methyl sites for hydroxylation is 2. The number of alkyl halides is 7. The van der Waals surface area contributed by atoms with Crippen molar-refractivity contribution in [3.05, 3.63) is 77.1 Å². The summed E-state index contributed by atoms with van der Waals surface area (Å²) in [6.45, 7) is 3.17. The highest BCUT2D eigenvalue weighted by molar-refractivity contribution is 5.98. The van der Waals surface area contributed by atoms with Crippen molar-refractivity contribution in [3.8, 4) is 16.8 Å². The third-order valence-corrected chi connectivity index (χ3v) is 5.01. The fraction of sp³-hybridized carbons (Fsp3) is 0.227. The third kappa shape index (κ3) is 3.63. The zero-order valence-corrected chi connectivity index (χ0v) is 16.6. The zero-order chi connectivity index (χ0) is 24.1. The Kier molecular flexibility index (Phi) is 5.61. The smallest absolute Gasteiger partial charge is 0.460 e. The Bertz CT molecular complexity index is 1160. The first-order valence-corrected chi connectivity index (χ1v) is 9.14. The van der Waals surface area contributed by atoms with Gasteiger partial charge in [0.1, 0.15) is 5.69 Å². The predicted octanol–water partition coefficient (Wildman–Crippen LogP) is 6.75. The van der Waals surface area contributed by atoms with E-state index in [-0.39, 0.29) is 11.3 Å². The summed E-state index contributed by atoms with van der Waals surface area (Å²) in [5, 5.41) is 9.66. The maximum Gasteiger partial charge on any atom is 0.460 e. The molecule has 3 rings (SSSR count). The van der Waals surface area contributed by atoms with E-state index in [9.17, 15) is 40.6 Å². The van der Waals surface area contributed by atoms with Gasteiger partial charge in [-0.05, 0) is 37.1 Å². The minimum atomic E-state index is -6.63. The quantitative estimate of drug-likeness (QED) is 0.429. The summed E-state index contributed by atoms with van der Waals surface area (Å²) < 4.78 is 97.1. The number of carboxylic acid groups (broad SMARTS) is 1. The van der Waals surface area contributed by atoms with Gasteiger partial charge in [-0.1, -0.05) is 42.0 Å². The van der Waals surface area contributed by atoms with Crippen molar-refractivity contribution in [2.75, 3.05) is 0 Å². The molecule has 0 aliphatic carbocycles. The molecule has 1 aromatic heterocycles. The molecule has 2 aromatic carbocycles. The molecule has 0 bridgehead atoms. The number of nitrogens with zero attached hydrogens (tertiary/aromatic N) is 1. The van der Waals surface area contributed by atoms with Crippen LogP contribution in [0, 0.1) is 13.8 Å². The van der Waals surface area contributed by atoms with E-state index < -0.39 is 40.8 Å². The number of aromatic nitrogens is 1. The molecule has 0 aliphatic rings. The second-order valence-electron chi connectivity index (χ2n) is 7.24. The maximum absolute atomic E-state index is 15.0. The van der Waals surface area contributed by atoms with E-state index in [0.717, 1.165) is 6.20 Å². The number of carbonyl (C=O) groups is 1. The van der Waals surface area contributed by atoms with Crippen LogP contribution in [0.5, 0.6) is 0 Å². The molecule has 0 atom stereocenters. The highest BCUT2D eigenvalue weighted by Crippen LogP contribution is 2.54. The van der Waals surface area contributed by atoms with Crippen LogP contribution in [-0.2, 0) is 5.92 Å². The molecule has 0 saturated carbocycles. The molecule has 0 radical (unpaired) electrons. The first-order valence-electron chi connectivity index (χ1n) is 9.14. The Balaban J connectivity index is 2.47. The summed E-state index contributed by atoms with van der Waals surface area (Å²) in [6, 6.07) is 11.2. The minimum absolute atomic E-state index is 0.100. The van der Waals surface area contributed by atoms with Gasteiger partial charge >= 0.3 is 24.0 Å². The summed E-state index contributed by atoms with van der Waals surface area (Å²) in [7, 11) is 0. The van der Waals surface area contributed by atoms with Crippen LogP contribution >= 0.6 is 0 Å². The second-order valence-corrected chi connectivity index (χ2v) is 7.24. The molecule has 1 heterocycles. The average Bonchev–Trinajstić information content (AvgIpc) is 3.09. The molecule has 0 unspecified atom stereocenters. The van der Waals surface area contributed by atoms with Crippen LogP contribution in [0.1, 0.15) is 27.2 Å². The number of hydrogen-bond acceptors (Lipinski definition) is 1. The van der Waals surface area contributed by atoms with Crippen LogP contribution < -0.4 is 0 Å². The molecule has 3 nitrogen and oxygen atoms in total. The topological polar surface area (TPSA) is 42.2 Å². The monoisotopic (exact) mass is 459 g/mol. The normalized spacial score (nSPS) is 12.8. The molecule has 3 aromatic rings. The Hall–Kier alpha value is -3.30. The van der Waals surface area contributed by atoms with Gasteiger partial charge in [-0.15, -0.1) is 0 Å². The number of carboxylic acids is 1. The summed E-state index contributed by atoms with van der Waals surface area (Å²) in [6.07, 6.45) is -5.79. The number of halogens is 7. The first-order chi connectivity index (χ1) is 14.7. The molecular weight excluding hydrogens is 443 g/mol. The van der Waals surface area contributed by atoms with Crippen molar-refractivity contribution in [1.29, 1.82) is 0 Å². The van der Waals surface area contributed by atoms with Gasteiger partial charge in [0, 0.05) is 17.4 Å². The summed E-state index contributed by atoms with van der Waals surface area (Å²) in [4.78, 5) is 12.0. The van der Waals surface area contributed by atoms with E-state index in [1.165, 1.54) is 49.4 Å². The lowest BCUT2D eigenvalue weighted by Crippen LogP contribution is -2.51. The molecule has 0 spiro atoms. The molecule has 1 N–H and O–H groups in total. The van der Waals surface area contributed by atoms with Crippen molar-refractivity contribution >= 4 is 5.97 Å². The van der Waals surface area contributed by atoms with E-state index in [4.69, 9.17) is 0 Å². The van der Waals surface area contributed by atoms with Crippen LogP contribution in [0.3, 0.4) is 0 Å². The van der Waals surface area contributed by atoms with E-state index >= 15 is 0 Å². The van der Waals surface area contributed by atoms with Crippen LogP contribution in [0.25, 0.3) is 16.8 Å². The lowest BCUT2D eigenvalue weighted by molar-refractivity contribution is -0.360. The third-order valence-electron chi connectivity index (χ3n) is 5.01. The zero-order valence-electron chi connectivity index (χ0n) is 16.6. The lowest BCUT2D eigenvalue weighted by atomic mass is 9.95. The van der Waals surface area contributed by atoms with Gasteiger partial charge in [0.25, 0.3) is 0 Å². The molecule has 170 valence electrons. The van der Waals surface area contributed by atoms with Gasteiger partial charge in [-0.25, -0.2) is 4.79 Å². The number of hydrogen-bond donors (Lipinski definition) is 1. The van der Waals surface area contributed by atoms with Crippen molar-refractivity contribution in [3.63, 3.8) is 0 Å². The Morgan fingerprint density at radius 2 is 1.41 bits per heavy atom. The number of aromatic carboxylic acids is 1. The first kappa shape index (κ1) is 23.4. The van der Waals surface area contributed by atoms with E-state index in [1.807, 2.05) is 0 Å². The number of rotatable bonds is 5. The summed E-state index contributed by atoms with van der Waals surface area (Å²) in [5.74, 6) is -14.5. The summed E-state index contributed by atoms with van der Waals surface area (Å²) in [5.41, 5.74) is -2.75. The van der Waals surface area contributed by atoms with Crippen LogP contribution in [-0.4, -0.2) is 27.7 Å². The number of benzene rings is 2. The highest BCUT2D eigenvalue weighted by Gasteiger charge is 2.75. The van der Waals surface area contributed by atoms with Crippen molar-refractivity contribution in [2.45, 2.75) is 31.9 Å². The van der Waals surface area contributed by atoms with Crippen LogP contribution in [0.2, 0.25) is 0 Å². The molecule has 32 heavy (non-hydrogen) atoms. The maximum atomic E-state index is 15.0. The Labute approximate surface area is 177 Å². The SMILES string of the molecule is Cc1ccc(-n2cc(-c3ccccc3C)c(C(=O)O)c2C(F)(F)C(F)(F)C(F)(F)F)cc1. The van der Waals surface area contributed by atoms with Gasteiger partial charge in [-0.3, -0.25) is 0 Å². The lowest BCUT2D eigenvalue weighted by Gasteiger charge is -2.29. The van der Waals surface area contributed by atoms with E-state index in [0.29, 0.717) is 15.7 Å². The van der Waals surface area contributed by atoms with Crippen molar-refractivity contribution in [1.82, 2.24) is 4.57 Å².